The third-order valence-corrected chi connectivity index (χ3v) is 8.30. The Morgan fingerprint density at radius 2 is 1.54 bits per heavy atom. The zero-order valence-electron chi connectivity index (χ0n) is 22.3. The number of carbonyl (C=O) groups is 1. The molecule has 2 heterocycles. The first kappa shape index (κ1) is 27.2. The number of nitrogens with zero attached hydrogens (tertiary/aromatic N) is 2. The molecule has 0 unspecified atom stereocenters. The molecular formula is C33H29Cl2N3O3. The summed E-state index contributed by atoms with van der Waals surface area (Å²) < 4.78 is 5.38. The van der Waals surface area contributed by atoms with E-state index in [1.165, 1.54) is 11.3 Å². The lowest BCUT2D eigenvalue weighted by Crippen LogP contribution is -2.33. The zero-order valence-corrected chi connectivity index (χ0v) is 23.8. The number of carboxylic acids is 1. The van der Waals surface area contributed by atoms with Gasteiger partial charge >= 0.3 is 5.97 Å². The molecule has 8 heteroatoms. The van der Waals surface area contributed by atoms with Gasteiger partial charge in [0.1, 0.15) is 5.75 Å². The number of halogens is 2. The number of hydrogen-bond donors (Lipinski definition) is 2. The second kappa shape index (κ2) is 11.9. The van der Waals surface area contributed by atoms with E-state index < -0.39 is 5.97 Å². The van der Waals surface area contributed by atoms with E-state index in [2.05, 4.69) is 57.6 Å². The molecule has 6 rings (SSSR count). The molecule has 0 saturated carbocycles. The van der Waals surface area contributed by atoms with Crippen molar-refractivity contribution < 1.29 is 14.6 Å². The molecule has 1 aromatic heterocycles. The van der Waals surface area contributed by atoms with Crippen molar-refractivity contribution in [2.75, 3.05) is 24.6 Å². The first-order valence-electron chi connectivity index (χ1n) is 13.6. The third kappa shape index (κ3) is 6.04. The van der Waals surface area contributed by atoms with Crippen LogP contribution < -0.4 is 9.64 Å². The second-order valence-corrected chi connectivity index (χ2v) is 11.3. The van der Waals surface area contributed by atoms with Crippen LogP contribution in [0.1, 0.15) is 47.1 Å². The highest BCUT2D eigenvalue weighted by Crippen LogP contribution is 2.38. The molecule has 0 atom stereocenters. The van der Waals surface area contributed by atoms with E-state index in [4.69, 9.17) is 33.0 Å². The van der Waals surface area contributed by atoms with Gasteiger partial charge in [-0.25, -0.2) is 4.79 Å². The summed E-state index contributed by atoms with van der Waals surface area (Å²) in [7, 11) is 0. The van der Waals surface area contributed by atoms with Gasteiger partial charge in [-0.2, -0.15) is 5.10 Å². The van der Waals surface area contributed by atoms with Crippen molar-refractivity contribution >= 4 is 45.8 Å². The Balaban J connectivity index is 1.26. The highest BCUT2D eigenvalue weighted by atomic mass is 35.5. The number of aliphatic carboxylic acids is 1. The van der Waals surface area contributed by atoms with Crippen LogP contribution in [-0.4, -0.2) is 41.0 Å². The lowest BCUT2D eigenvalue weighted by atomic mass is 9.84. The van der Waals surface area contributed by atoms with Crippen LogP contribution in [-0.2, 0) is 4.79 Å². The minimum Gasteiger partial charge on any atom is -0.482 e. The zero-order chi connectivity index (χ0) is 28.3. The van der Waals surface area contributed by atoms with Crippen LogP contribution in [0.4, 0.5) is 5.69 Å². The van der Waals surface area contributed by atoms with E-state index >= 15 is 0 Å². The molecule has 1 aliphatic rings. The maximum atomic E-state index is 10.9. The second-order valence-electron chi connectivity index (χ2n) is 10.4. The number of aromatic amines is 1. The van der Waals surface area contributed by atoms with E-state index in [-0.39, 0.29) is 12.5 Å². The van der Waals surface area contributed by atoms with Gasteiger partial charge in [0.05, 0.1) is 5.52 Å². The fourth-order valence-corrected chi connectivity index (χ4v) is 6.02. The van der Waals surface area contributed by atoms with Crippen LogP contribution in [0.5, 0.6) is 5.75 Å². The van der Waals surface area contributed by atoms with Gasteiger partial charge in [0.15, 0.2) is 6.61 Å². The number of piperidine rings is 1. The molecule has 2 N–H and O–H groups in total. The Morgan fingerprint density at radius 1 is 0.902 bits per heavy atom. The summed E-state index contributed by atoms with van der Waals surface area (Å²) in [5.74, 6) is -0.0505. The molecule has 6 nitrogen and oxygen atoms in total. The molecule has 0 spiro atoms. The van der Waals surface area contributed by atoms with Gasteiger partial charge in [-0.3, -0.25) is 5.10 Å². The van der Waals surface area contributed by atoms with Gasteiger partial charge in [0.2, 0.25) is 0 Å². The van der Waals surface area contributed by atoms with E-state index in [0.29, 0.717) is 21.7 Å². The number of aromatic nitrogens is 2. The summed E-state index contributed by atoms with van der Waals surface area (Å²) in [6.45, 7) is 1.41. The average molecular weight is 587 g/mol. The first-order chi connectivity index (χ1) is 19.9. The van der Waals surface area contributed by atoms with Gasteiger partial charge in [0.25, 0.3) is 0 Å². The molecule has 0 amide bonds. The van der Waals surface area contributed by atoms with Crippen LogP contribution in [0.3, 0.4) is 0 Å². The van der Waals surface area contributed by atoms with Crippen molar-refractivity contribution in [1.82, 2.24) is 10.2 Å². The minimum absolute atomic E-state index is 0.0224. The van der Waals surface area contributed by atoms with Crippen molar-refractivity contribution in [3.8, 4) is 5.75 Å². The lowest BCUT2D eigenvalue weighted by molar-refractivity contribution is -0.139. The summed E-state index contributed by atoms with van der Waals surface area (Å²) in [5, 5.41) is 19.5. The summed E-state index contributed by atoms with van der Waals surface area (Å²) >= 11 is 12.4. The van der Waals surface area contributed by atoms with Crippen LogP contribution >= 0.6 is 23.2 Å². The Bertz CT molecular complexity index is 1610. The molecule has 1 fully saturated rings. The van der Waals surface area contributed by atoms with Crippen LogP contribution in [0.15, 0.2) is 91.0 Å². The van der Waals surface area contributed by atoms with E-state index in [1.54, 1.807) is 6.07 Å². The Kier molecular flexibility index (Phi) is 7.86. The third-order valence-electron chi connectivity index (χ3n) is 7.80. The smallest absolute Gasteiger partial charge is 0.341 e. The predicted molar refractivity (Wildman–Crippen MR) is 164 cm³/mol. The first-order valence-corrected chi connectivity index (χ1v) is 14.4. The number of ether oxygens (including phenoxy) is 1. The number of rotatable bonds is 8. The van der Waals surface area contributed by atoms with Crippen LogP contribution in [0, 0.1) is 0 Å². The van der Waals surface area contributed by atoms with Gasteiger partial charge < -0.3 is 14.7 Å². The Morgan fingerprint density at radius 3 is 2.17 bits per heavy atom. The van der Waals surface area contributed by atoms with Crippen molar-refractivity contribution in [3.05, 3.63) is 123 Å². The van der Waals surface area contributed by atoms with Crippen molar-refractivity contribution in [2.24, 2.45) is 0 Å². The molecule has 0 radical (unpaired) electrons. The largest absolute Gasteiger partial charge is 0.482 e. The number of hydrogen-bond acceptors (Lipinski definition) is 4. The topological polar surface area (TPSA) is 78.5 Å². The van der Waals surface area contributed by atoms with E-state index in [1.807, 2.05) is 42.5 Å². The summed E-state index contributed by atoms with van der Waals surface area (Å²) in [6, 6.07) is 30.2. The Hall–Kier alpha value is -4.00. The number of benzene rings is 4. The number of H-pyrrole nitrogens is 1. The van der Waals surface area contributed by atoms with Crippen LogP contribution in [0.2, 0.25) is 10.0 Å². The average Bonchev–Trinajstić information content (AvgIpc) is 3.42. The number of fused-ring (bicyclic) bond motifs is 1. The summed E-state index contributed by atoms with van der Waals surface area (Å²) in [4.78, 5) is 13.2. The molecule has 4 aromatic carbocycles. The molecule has 0 aliphatic carbocycles. The quantitative estimate of drug-likeness (QED) is 0.181. The highest BCUT2D eigenvalue weighted by molar-refractivity contribution is 6.30. The van der Waals surface area contributed by atoms with Gasteiger partial charge in [-0.15, -0.1) is 0 Å². The minimum atomic E-state index is -0.987. The van der Waals surface area contributed by atoms with Gasteiger partial charge in [0, 0.05) is 57.8 Å². The molecule has 1 aliphatic heterocycles. The van der Waals surface area contributed by atoms with Crippen molar-refractivity contribution in [2.45, 2.75) is 24.7 Å². The number of carboxylic acid groups (broad SMARTS) is 1. The number of nitrogens with one attached hydrogen (secondary N) is 1. The molecule has 0 bridgehead atoms. The molecule has 5 aromatic rings. The summed E-state index contributed by atoms with van der Waals surface area (Å²) in [6.07, 6.45) is 1.94. The Labute approximate surface area is 248 Å². The normalized spacial score (nSPS) is 14.1. The van der Waals surface area contributed by atoms with E-state index in [0.717, 1.165) is 53.6 Å². The van der Waals surface area contributed by atoms with E-state index in [9.17, 15) is 4.79 Å². The lowest BCUT2D eigenvalue weighted by Gasteiger charge is -2.33. The van der Waals surface area contributed by atoms with Gasteiger partial charge in [-0.05, 0) is 78.1 Å². The van der Waals surface area contributed by atoms with Crippen molar-refractivity contribution in [3.63, 3.8) is 0 Å². The van der Waals surface area contributed by atoms with Crippen LogP contribution in [0.25, 0.3) is 10.9 Å². The molecular weight excluding hydrogens is 557 g/mol. The number of anilines is 1. The van der Waals surface area contributed by atoms with Crippen molar-refractivity contribution in [1.29, 1.82) is 0 Å². The SMILES string of the molecule is O=C(O)COc1cccc(N2CCC(c3[nH]nc4ccc(C(c5ccc(Cl)cc5)c5ccc(Cl)cc5)cc34)CC2)c1. The molecule has 41 heavy (non-hydrogen) atoms. The maximum Gasteiger partial charge on any atom is 0.341 e. The maximum absolute atomic E-state index is 10.9. The fourth-order valence-electron chi connectivity index (χ4n) is 5.77. The molecule has 1 saturated heterocycles. The highest BCUT2D eigenvalue weighted by Gasteiger charge is 2.25. The standard InChI is InChI=1S/C33H29Cl2N3O3/c34-25-9-4-21(5-10-25)32(22-6-11-26(35)12-7-22)24-8-13-30-29(18-24)33(37-36-30)23-14-16-38(17-15-23)27-2-1-3-28(19-27)41-20-31(39)40/h1-13,18-19,23,32H,14-17,20H2,(H,36,37)(H,39,40). The fraction of sp³-hybridized carbons (Fsp3) is 0.212. The predicted octanol–water partition coefficient (Wildman–Crippen LogP) is 7.90. The van der Waals surface area contributed by atoms with Gasteiger partial charge in [-0.1, -0.05) is 59.6 Å². The molecule has 208 valence electrons. The summed E-state index contributed by atoms with van der Waals surface area (Å²) in [5.41, 5.74) is 6.66. The monoisotopic (exact) mass is 585 g/mol.